The minimum Gasteiger partial charge on any atom is -0.361 e. The number of piperazine rings is 1. The zero-order valence-electron chi connectivity index (χ0n) is 20.3. The van der Waals surface area contributed by atoms with E-state index in [-0.39, 0.29) is 5.82 Å². The molecule has 3 atom stereocenters. The number of likely N-dealkylation sites (N-methyl/N-ethyl adjacent to an activating group) is 1. The highest BCUT2D eigenvalue weighted by molar-refractivity contribution is 5.45. The molecular weight excluding hydrogens is 401 g/mol. The van der Waals surface area contributed by atoms with Crippen LogP contribution in [0.1, 0.15) is 48.9 Å². The summed E-state index contributed by atoms with van der Waals surface area (Å²) in [5.74, 6) is -0.207. The normalized spacial score (nSPS) is 26.6. The van der Waals surface area contributed by atoms with E-state index in [0.29, 0.717) is 18.7 Å². The summed E-state index contributed by atoms with van der Waals surface area (Å²) in [4.78, 5) is 7.24. The topological polar surface area (TPSA) is 19.0 Å². The van der Waals surface area contributed by atoms with E-state index in [1.165, 1.54) is 16.7 Å². The lowest BCUT2D eigenvalue weighted by molar-refractivity contribution is -0.0140. The third-order valence-electron chi connectivity index (χ3n) is 7.37. The Morgan fingerprint density at radius 3 is 2.41 bits per heavy atom. The van der Waals surface area contributed by atoms with Gasteiger partial charge in [0.1, 0.15) is 11.4 Å². The highest BCUT2D eigenvalue weighted by atomic mass is 19.1. The lowest BCUT2D eigenvalue weighted by Gasteiger charge is -2.42. The summed E-state index contributed by atoms with van der Waals surface area (Å²) in [5, 5.41) is 0. The number of halogens is 1. The molecule has 0 saturated carbocycles. The molecule has 0 aromatic heterocycles. The predicted molar refractivity (Wildman–Crippen MR) is 128 cm³/mol. The van der Waals surface area contributed by atoms with Crippen molar-refractivity contribution < 1.29 is 9.13 Å². The van der Waals surface area contributed by atoms with Gasteiger partial charge in [-0.15, -0.1) is 0 Å². The van der Waals surface area contributed by atoms with E-state index < -0.39 is 5.60 Å². The number of rotatable bonds is 7. The minimum atomic E-state index is -0.492. The molecular formula is C27H38FN3O. The fraction of sp³-hybridized carbons (Fsp3) is 0.556. The standard InChI is InChI=1S/C27H38FN3O/c1-20-16-31(17-21(2)30(20)5)18-22-7-12-26-23(15-22)19-32-27(26,13-6-14-29(3)4)24-8-10-25(28)11-9-24/h7-12,15,20-21H,6,13-14,16-19H2,1-5H3. The van der Waals surface area contributed by atoms with Crippen molar-refractivity contribution >= 4 is 0 Å². The largest absolute Gasteiger partial charge is 0.361 e. The average molecular weight is 440 g/mol. The minimum absolute atomic E-state index is 0.207. The maximum absolute atomic E-state index is 13.7. The van der Waals surface area contributed by atoms with Gasteiger partial charge in [0.05, 0.1) is 6.61 Å². The Morgan fingerprint density at radius 1 is 1.06 bits per heavy atom. The fourth-order valence-electron chi connectivity index (χ4n) is 5.39. The van der Waals surface area contributed by atoms with Crippen LogP contribution in [-0.2, 0) is 23.5 Å². The zero-order chi connectivity index (χ0) is 22.9. The van der Waals surface area contributed by atoms with Gasteiger partial charge in [0.2, 0.25) is 0 Å². The maximum atomic E-state index is 13.7. The van der Waals surface area contributed by atoms with Gasteiger partial charge in [0.15, 0.2) is 0 Å². The van der Waals surface area contributed by atoms with E-state index in [0.717, 1.165) is 44.6 Å². The molecule has 1 fully saturated rings. The van der Waals surface area contributed by atoms with Gasteiger partial charge < -0.3 is 9.64 Å². The molecule has 174 valence electrons. The zero-order valence-corrected chi connectivity index (χ0v) is 20.3. The highest BCUT2D eigenvalue weighted by Crippen LogP contribution is 2.45. The first-order chi connectivity index (χ1) is 15.3. The summed E-state index contributed by atoms with van der Waals surface area (Å²) in [7, 11) is 6.42. The summed E-state index contributed by atoms with van der Waals surface area (Å²) in [5.41, 5.74) is 4.41. The lowest BCUT2D eigenvalue weighted by atomic mass is 9.81. The third kappa shape index (κ3) is 4.76. The molecule has 4 rings (SSSR count). The van der Waals surface area contributed by atoms with Crippen molar-refractivity contribution in [1.82, 2.24) is 14.7 Å². The van der Waals surface area contributed by atoms with Crippen LogP contribution in [0, 0.1) is 5.82 Å². The Morgan fingerprint density at radius 2 is 1.75 bits per heavy atom. The lowest BCUT2D eigenvalue weighted by Crippen LogP contribution is -2.54. The molecule has 0 spiro atoms. The van der Waals surface area contributed by atoms with Crippen molar-refractivity contribution in [3.63, 3.8) is 0 Å². The number of ether oxygens (including phenoxy) is 1. The molecule has 0 radical (unpaired) electrons. The van der Waals surface area contributed by atoms with Gasteiger partial charge in [-0.1, -0.05) is 30.3 Å². The second-order valence-corrected chi connectivity index (χ2v) is 10.1. The molecule has 5 heteroatoms. The Kier molecular flexibility index (Phi) is 7.01. The first-order valence-corrected chi connectivity index (χ1v) is 11.9. The highest BCUT2D eigenvalue weighted by Gasteiger charge is 2.41. The van der Waals surface area contributed by atoms with Crippen LogP contribution in [0.2, 0.25) is 0 Å². The molecule has 2 aromatic carbocycles. The van der Waals surface area contributed by atoms with Crippen molar-refractivity contribution in [2.45, 2.75) is 57.5 Å². The van der Waals surface area contributed by atoms with E-state index in [1.54, 1.807) is 12.1 Å². The van der Waals surface area contributed by atoms with Crippen LogP contribution < -0.4 is 0 Å². The molecule has 1 saturated heterocycles. The van der Waals surface area contributed by atoms with Crippen molar-refractivity contribution in [1.29, 1.82) is 0 Å². The van der Waals surface area contributed by atoms with Crippen LogP contribution >= 0.6 is 0 Å². The predicted octanol–water partition coefficient (Wildman–Crippen LogP) is 4.47. The third-order valence-corrected chi connectivity index (χ3v) is 7.37. The van der Waals surface area contributed by atoms with Crippen LogP contribution in [0.4, 0.5) is 4.39 Å². The Balaban J connectivity index is 1.58. The SMILES string of the molecule is CC1CN(Cc2ccc3c(c2)COC3(CCCN(C)C)c2ccc(F)cc2)CC(C)N1C. The summed E-state index contributed by atoms with van der Waals surface area (Å²) in [6.07, 6.45) is 1.90. The molecule has 2 aliphatic rings. The Labute approximate surface area is 193 Å². The van der Waals surface area contributed by atoms with Crippen molar-refractivity contribution in [2.75, 3.05) is 40.8 Å². The molecule has 2 aliphatic heterocycles. The summed E-state index contributed by atoms with van der Waals surface area (Å²) < 4.78 is 20.2. The first kappa shape index (κ1) is 23.4. The Hall–Kier alpha value is -1.79. The van der Waals surface area contributed by atoms with Crippen LogP contribution in [0.3, 0.4) is 0 Å². The molecule has 0 amide bonds. The first-order valence-electron chi connectivity index (χ1n) is 11.9. The molecule has 0 N–H and O–H groups in total. The molecule has 0 aliphatic carbocycles. The van der Waals surface area contributed by atoms with E-state index in [4.69, 9.17) is 4.74 Å². The molecule has 32 heavy (non-hydrogen) atoms. The monoisotopic (exact) mass is 439 g/mol. The van der Waals surface area contributed by atoms with Gasteiger partial charge in [-0.25, -0.2) is 4.39 Å². The summed E-state index contributed by atoms with van der Waals surface area (Å²) in [6.45, 7) is 9.39. The Bertz CT molecular complexity index is 904. The molecule has 2 aromatic rings. The number of benzene rings is 2. The van der Waals surface area contributed by atoms with Gasteiger partial charge in [-0.05, 0) is 88.8 Å². The second-order valence-electron chi connectivity index (χ2n) is 10.1. The van der Waals surface area contributed by atoms with Crippen LogP contribution in [-0.4, -0.2) is 67.6 Å². The van der Waals surface area contributed by atoms with Crippen LogP contribution in [0.5, 0.6) is 0 Å². The van der Waals surface area contributed by atoms with Gasteiger partial charge in [-0.2, -0.15) is 0 Å². The van der Waals surface area contributed by atoms with E-state index in [9.17, 15) is 4.39 Å². The summed E-state index contributed by atoms with van der Waals surface area (Å²) >= 11 is 0. The van der Waals surface area contributed by atoms with Crippen LogP contribution in [0.15, 0.2) is 42.5 Å². The van der Waals surface area contributed by atoms with Gasteiger partial charge in [-0.3, -0.25) is 9.80 Å². The number of nitrogens with zero attached hydrogens (tertiary/aromatic N) is 3. The van der Waals surface area contributed by atoms with Crippen molar-refractivity contribution in [3.05, 3.63) is 70.5 Å². The molecule has 4 nitrogen and oxygen atoms in total. The average Bonchev–Trinajstić information content (AvgIpc) is 3.11. The van der Waals surface area contributed by atoms with Crippen molar-refractivity contribution in [2.24, 2.45) is 0 Å². The fourth-order valence-corrected chi connectivity index (χ4v) is 5.39. The second kappa shape index (κ2) is 9.60. The van der Waals surface area contributed by atoms with Gasteiger partial charge in [0.25, 0.3) is 0 Å². The smallest absolute Gasteiger partial charge is 0.123 e. The van der Waals surface area contributed by atoms with E-state index >= 15 is 0 Å². The molecule has 0 bridgehead atoms. The maximum Gasteiger partial charge on any atom is 0.123 e. The number of hydrogen-bond acceptors (Lipinski definition) is 4. The summed E-state index contributed by atoms with van der Waals surface area (Å²) in [6, 6.07) is 14.9. The van der Waals surface area contributed by atoms with E-state index in [1.807, 2.05) is 12.1 Å². The molecule has 3 unspecified atom stereocenters. The quantitative estimate of drug-likeness (QED) is 0.634. The van der Waals surface area contributed by atoms with Gasteiger partial charge >= 0.3 is 0 Å². The number of fused-ring (bicyclic) bond motifs is 1. The number of hydrogen-bond donors (Lipinski definition) is 0. The van der Waals surface area contributed by atoms with Crippen LogP contribution in [0.25, 0.3) is 0 Å². The van der Waals surface area contributed by atoms with Crippen molar-refractivity contribution in [3.8, 4) is 0 Å². The molecule has 2 heterocycles. The van der Waals surface area contributed by atoms with E-state index in [2.05, 4.69) is 67.9 Å². The van der Waals surface area contributed by atoms with Gasteiger partial charge in [0, 0.05) is 31.7 Å².